The van der Waals surface area contributed by atoms with E-state index in [1.54, 1.807) is 33.8 Å². The second-order valence-electron chi connectivity index (χ2n) is 28.8. The molecule has 30 atom stereocenters. The van der Waals surface area contributed by atoms with Gasteiger partial charge in [0.15, 0.2) is 43.5 Å². The molecule has 3 unspecified atom stereocenters. The molecule has 13 N–H and O–H groups in total. The summed E-state index contributed by atoms with van der Waals surface area (Å²) >= 11 is 0. The molecule has 89 heavy (non-hydrogen) atoms. The van der Waals surface area contributed by atoms with Gasteiger partial charge in [0.25, 0.3) is 0 Å². The summed E-state index contributed by atoms with van der Waals surface area (Å²) in [6.45, 7) is 20.4. The molecule has 0 radical (unpaired) electrons. The third kappa shape index (κ3) is 11.6. The maximum atomic E-state index is 13.3. The number of carboxylic acids is 1. The molecule has 0 aromatic rings. The summed E-state index contributed by atoms with van der Waals surface area (Å²) in [4.78, 5) is 39.3. The van der Waals surface area contributed by atoms with Gasteiger partial charge in [0, 0.05) is 11.1 Å². The van der Waals surface area contributed by atoms with Crippen LogP contribution in [-0.2, 0) is 61.8 Å². The Balaban J connectivity index is 0.986. The summed E-state index contributed by atoms with van der Waals surface area (Å²) in [5.41, 5.74) is -3.33. The number of hydrogen-bond acceptors (Lipinski definition) is 25. The number of aliphatic hydroxyl groups is 12. The zero-order chi connectivity index (χ0) is 65.7. The van der Waals surface area contributed by atoms with E-state index < -0.39 is 217 Å². The van der Waals surface area contributed by atoms with Crippen LogP contribution in [0.15, 0.2) is 34.9 Å². The molecule has 4 saturated carbocycles. The lowest BCUT2D eigenvalue weighted by Gasteiger charge is -2.72. The zero-order valence-electron chi connectivity index (χ0n) is 52.9. The van der Waals surface area contributed by atoms with E-state index in [1.165, 1.54) is 13.0 Å². The maximum Gasteiger partial charge on any atom is 0.335 e. The van der Waals surface area contributed by atoms with Crippen molar-refractivity contribution >= 4 is 17.9 Å². The molecule has 9 aliphatic rings. The molecule has 26 nitrogen and oxygen atoms in total. The van der Waals surface area contributed by atoms with E-state index in [1.807, 2.05) is 27.7 Å². The Kier molecular flexibility index (Phi) is 20.4. The van der Waals surface area contributed by atoms with E-state index in [2.05, 4.69) is 26.8 Å². The van der Waals surface area contributed by atoms with Gasteiger partial charge in [0.1, 0.15) is 67.1 Å². The van der Waals surface area contributed by atoms with Crippen molar-refractivity contribution in [3.63, 3.8) is 0 Å². The van der Waals surface area contributed by atoms with Crippen LogP contribution in [0.25, 0.3) is 0 Å². The molecule has 0 spiro atoms. The number of aliphatic carboxylic acids is 1. The predicted molar refractivity (Wildman–Crippen MR) is 307 cm³/mol. The smallest absolute Gasteiger partial charge is 0.335 e. The number of hydrogen-bond donors (Lipinski definition) is 13. The normalized spacial score (nSPS) is 49.7. The van der Waals surface area contributed by atoms with Crippen molar-refractivity contribution in [3.05, 3.63) is 34.9 Å². The van der Waals surface area contributed by atoms with Gasteiger partial charge in [-0.2, -0.15) is 0 Å². The molecular formula is C63H98O26. The molecule has 0 bridgehead atoms. The Morgan fingerprint density at radius 3 is 1.72 bits per heavy atom. The number of rotatable bonds is 16. The summed E-state index contributed by atoms with van der Waals surface area (Å²) in [7, 11) is 0. The molecular weight excluding hydrogens is 1170 g/mol. The number of esters is 2. The number of fused-ring (bicyclic) bond motifs is 7. The molecule has 9 rings (SSSR count). The van der Waals surface area contributed by atoms with Gasteiger partial charge in [-0.05, 0) is 124 Å². The highest BCUT2D eigenvalue weighted by Gasteiger charge is 2.73. The first-order chi connectivity index (χ1) is 41.6. The molecule has 8 fully saturated rings. The highest BCUT2D eigenvalue weighted by molar-refractivity contribution is 5.88. The first-order valence-corrected chi connectivity index (χ1v) is 31.4. The standard InChI is InChI=1S/C63H98O26/c1-13-26(3)52(78)84-44-28(5)80-56(43(74)46(44)85-53(79)27(4)14-2)89-50-49(75)63(25-66)30(21-58(50,6)7)29-15-16-34-60(10)19-18-36(59(8,9)33(60)17-20-61(34,11)62(29,12)22-35(63)67)83-57-48(88-55-41(72)39(70)37(68)31(23-64)81-55)45(42(73)47(87-57)51(76)77)86-54-40(71)38(69)32(24-65)82-54/h13-15,28,30-50,54-57,64-75H,16-25H2,1-12H3,(H,76,77)/b26-13-,27-14-/t28-,30?,31+,32-,33?,34?,35+,36-,37-,38-,39-,40+,41+,42-,43+,44-,45-,46-,47-,48+,49-,50-,54-,55-,56-,57+,60-,61+,62+,63-/m0/s1. The SMILES string of the molecule is C/C=C(/C)C(=O)O[C@@H]1[C@@H](OC(=O)/C(C)=C\C)[C@@H](O)[C@H](O[C@H]2[C@H](O)[C@@]3(CO)C(CC2(C)C)C2=CCC4[C@@]5(C)CC[C@H](O[C@@H]6O[C@H](C(=O)O)[C@@H](O)[C@H](O[C@@H]7O[C@@H](CO)[C@H](O)[C@H]7O)[C@H]6O[C@@H]6O[C@H](CO)[C@H](O)[C@H](O)[C@H]6O)C(C)(C)C5CC[C@@]4(C)[C@]2(C)C[C@H]3O)O[C@H]1C. The van der Waals surface area contributed by atoms with Crippen LogP contribution in [0.4, 0.5) is 0 Å². The number of allylic oxidation sites excluding steroid dienone is 4. The zero-order valence-corrected chi connectivity index (χ0v) is 52.9. The van der Waals surface area contributed by atoms with Gasteiger partial charge in [-0.1, -0.05) is 72.3 Å². The number of carbonyl (C=O) groups excluding carboxylic acids is 2. The van der Waals surface area contributed by atoms with Crippen molar-refractivity contribution in [2.24, 2.45) is 50.2 Å². The molecule has 4 aliphatic heterocycles. The fourth-order valence-corrected chi connectivity index (χ4v) is 17.6. The Morgan fingerprint density at radius 2 is 1.16 bits per heavy atom. The van der Waals surface area contributed by atoms with Gasteiger partial charge in [-0.25, -0.2) is 14.4 Å². The summed E-state index contributed by atoms with van der Waals surface area (Å²) in [5.74, 6) is -3.81. The molecule has 4 saturated heterocycles. The van der Waals surface area contributed by atoms with E-state index in [9.17, 15) is 80.8 Å². The van der Waals surface area contributed by atoms with E-state index in [4.69, 9.17) is 47.4 Å². The largest absolute Gasteiger partial charge is 0.479 e. The monoisotopic (exact) mass is 1270 g/mol. The van der Waals surface area contributed by atoms with Gasteiger partial charge >= 0.3 is 17.9 Å². The minimum Gasteiger partial charge on any atom is -0.479 e. The fourth-order valence-electron chi connectivity index (χ4n) is 17.6. The van der Waals surface area contributed by atoms with Crippen molar-refractivity contribution < 1.29 is 128 Å². The summed E-state index contributed by atoms with van der Waals surface area (Å²) < 4.78 is 61.1. The highest BCUT2D eigenvalue weighted by atomic mass is 16.8. The van der Waals surface area contributed by atoms with Crippen molar-refractivity contribution in [1.82, 2.24) is 0 Å². The van der Waals surface area contributed by atoms with E-state index in [0.29, 0.717) is 38.5 Å². The van der Waals surface area contributed by atoms with Crippen molar-refractivity contribution in [3.8, 4) is 0 Å². The van der Waals surface area contributed by atoms with Crippen LogP contribution in [0.2, 0.25) is 0 Å². The molecule has 26 heteroatoms. The van der Waals surface area contributed by atoms with Crippen molar-refractivity contribution in [2.45, 2.75) is 269 Å². The van der Waals surface area contributed by atoms with Gasteiger partial charge < -0.3 is 114 Å². The number of ether oxygens (including phenoxy) is 10. The third-order valence-corrected chi connectivity index (χ3v) is 23.3. The Bertz CT molecular complexity index is 2660. The Morgan fingerprint density at radius 1 is 0.607 bits per heavy atom. The van der Waals surface area contributed by atoms with E-state index in [0.717, 1.165) is 5.57 Å². The lowest BCUT2D eigenvalue weighted by Crippen LogP contribution is -2.72. The van der Waals surface area contributed by atoms with Crippen LogP contribution < -0.4 is 0 Å². The molecule has 506 valence electrons. The van der Waals surface area contributed by atoms with Crippen molar-refractivity contribution in [1.29, 1.82) is 0 Å². The topological polar surface area (TPSA) is 407 Å². The predicted octanol–water partition coefficient (Wildman–Crippen LogP) is 0.144. The molecule has 5 aliphatic carbocycles. The molecule has 0 aromatic heterocycles. The summed E-state index contributed by atoms with van der Waals surface area (Å²) in [6.07, 6.45) is -28.5. The first kappa shape index (κ1) is 70.2. The highest BCUT2D eigenvalue weighted by Crippen LogP contribution is 2.76. The van der Waals surface area contributed by atoms with Crippen LogP contribution in [-0.4, -0.2) is 245 Å². The molecule has 0 aromatic carbocycles. The van der Waals surface area contributed by atoms with Crippen LogP contribution in [0.1, 0.15) is 128 Å². The van der Waals surface area contributed by atoms with Gasteiger partial charge in [-0.15, -0.1) is 0 Å². The Labute approximate surface area is 518 Å². The van der Waals surface area contributed by atoms with Crippen molar-refractivity contribution in [2.75, 3.05) is 19.8 Å². The average Bonchev–Trinajstić information content (AvgIpc) is 0.931. The number of aliphatic hydroxyl groups excluding tert-OH is 12. The number of carboxylic acid groups (broad SMARTS) is 1. The lowest BCUT2D eigenvalue weighted by molar-refractivity contribution is -0.386. The minimum absolute atomic E-state index is 0.0156. The second-order valence-corrected chi connectivity index (χ2v) is 28.8. The van der Waals surface area contributed by atoms with Crippen LogP contribution in [0, 0.1) is 50.2 Å². The number of carbonyl (C=O) groups is 3. The second kappa shape index (κ2) is 25.9. The molecule has 4 heterocycles. The van der Waals surface area contributed by atoms with Gasteiger partial charge in [-0.3, -0.25) is 0 Å². The summed E-state index contributed by atoms with van der Waals surface area (Å²) in [5, 5.41) is 146. The molecule has 0 amide bonds. The van der Waals surface area contributed by atoms with Crippen LogP contribution >= 0.6 is 0 Å². The minimum atomic E-state index is -2.12. The average molecular weight is 1270 g/mol. The first-order valence-electron chi connectivity index (χ1n) is 31.4. The summed E-state index contributed by atoms with van der Waals surface area (Å²) in [6, 6.07) is 0. The van der Waals surface area contributed by atoms with Gasteiger partial charge in [0.2, 0.25) is 0 Å². The van der Waals surface area contributed by atoms with E-state index >= 15 is 0 Å². The lowest BCUT2D eigenvalue weighted by atomic mass is 9.33. The van der Waals surface area contributed by atoms with Crippen LogP contribution in [0.5, 0.6) is 0 Å². The maximum absolute atomic E-state index is 13.3. The van der Waals surface area contributed by atoms with E-state index in [-0.39, 0.29) is 29.4 Å². The van der Waals surface area contributed by atoms with Crippen LogP contribution in [0.3, 0.4) is 0 Å². The third-order valence-electron chi connectivity index (χ3n) is 23.3. The Hall–Kier alpha value is -3.17. The van der Waals surface area contributed by atoms with Gasteiger partial charge in [0.05, 0.1) is 55.8 Å². The quantitative estimate of drug-likeness (QED) is 0.0423. The fraction of sp³-hybridized carbons (Fsp3) is 0.857.